The summed E-state index contributed by atoms with van der Waals surface area (Å²) in [5.41, 5.74) is 2.30. The third-order valence-electron chi connectivity index (χ3n) is 2.92. The molecule has 0 bridgehead atoms. The fraction of sp³-hybridized carbons (Fsp3) is 0.375. The van der Waals surface area contributed by atoms with Crippen LogP contribution in [0.15, 0.2) is 30.3 Å². The molecular formula is C16H17BrN2OS. The molecule has 2 aromatic rings. The van der Waals surface area contributed by atoms with Gasteiger partial charge in [-0.15, -0.1) is 11.8 Å². The molecule has 1 aromatic heterocycles. The maximum atomic E-state index is 6.05. The minimum Gasteiger partial charge on any atom is -0.470 e. The number of alkyl halides is 1. The monoisotopic (exact) mass is 364 g/mol. The van der Waals surface area contributed by atoms with Gasteiger partial charge >= 0.3 is 0 Å². The van der Waals surface area contributed by atoms with E-state index >= 15 is 0 Å². The Morgan fingerprint density at radius 3 is 2.43 bits per heavy atom. The predicted octanol–water partition coefficient (Wildman–Crippen LogP) is 5.01. The number of ether oxygens (including phenoxy) is 1. The molecule has 0 fully saturated rings. The molecule has 0 saturated heterocycles. The van der Waals surface area contributed by atoms with E-state index in [0.29, 0.717) is 10.0 Å². The number of thioether (sulfide) groups is 1. The number of fused-ring (bicyclic) bond motifs is 1. The molecule has 1 aromatic carbocycles. The van der Waals surface area contributed by atoms with Crippen molar-refractivity contribution in [2.75, 3.05) is 0 Å². The second-order valence-corrected chi connectivity index (χ2v) is 8.87. The van der Waals surface area contributed by atoms with Gasteiger partial charge in [0, 0.05) is 4.91 Å². The van der Waals surface area contributed by atoms with Gasteiger partial charge in [0.2, 0.25) is 5.88 Å². The van der Waals surface area contributed by atoms with Gasteiger partial charge < -0.3 is 4.74 Å². The van der Waals surface area contributed by atoms with Gasteiger partial charge in [-0.05, 0) is 39.3 Å². The highest BCUT2D eigenvalue weighted by Gasteiger charge is 2.24. The Balaban J connectivity index is 2.12. The van der Waals surface area contributed by atoms with Crippen molar-refractivity contribution >= 4 is 43.6 Å². The summed E-state index contributed by atoms with van der Waals surface area (Å²) < 4.78 is 6.45. The molecule has 110 valence electrons. The van der Waals surface area contributed by atoms with E-state index in [2.05, 4.69) is 27.0 Å². The number of para-hydroxylation sites is 2. The van der Waals surface area contributed by atoms with Crippen LogP contribution in [0.2, 0.25) is 0 Å². The Labute approximate surface area is 137 Å². The molecule has 1 aliphatic heterocycles. The molecule has 3 nitrogen and oxygen atoms in total. The average Bonchev–Trinajstić information content (AvgIpc) is 2.82. The van der Waals surface area contributed by atoms with Crippen LogP contribution in [-0.2, 0) is 0 Å². The molecule has 0 saturated carbocycles. The van der Waals surface area contributed by atoms with Crippen LogP contribution in [0.25, 0.3) is 15.9 Å². The summed E-state index contributed by atoms with van der Waals surface area (Å²) >= 11 is 5.40. The fourth-order valence-electron chi connectivity index (χ4n) is 2.09. The standard InChI is InChI=1S/C16H17BrN2OS/c1-16(2,3)20-15-14(12-8-9-13(17)21-12)18-10-6-4-5-7-11(10)19-15/h4-8,13H,9H2,1-3H3. The molecular weight excluding hydrogens is 348 g/mol. The zero-order valence-corrected chi connectivity index (χ0v) is 14.7. The highest BCUT2D eigenvalue weighted by atomic mass is 79.9. The van der Waals surface area contributed by atoms with E-state index in [0.717, 1.165) is 28.1 Å². The molecule has 1 aliphatic rings. The normalized spacial score (nSPS) is 18.9. The summed E-state index contributed by atoms with van der Waals surface area (Å²) in [4.78, 5) is 10.6. The molecule has 0 amide bonds. The quantitative estimate of drug-likeness (QED) is 0.701. The Morgan fingerprint density at radius 2 is 1.86 bits per heavy atom. The number of nitrogens with zero attached hydrogens (tertiary/aromatic N) is 2. The van der Waals surface area contributed by atoms with Crippen molar-refractivity contribution in [3.63, 3.8) is 0 Å². The Hall–Kier alpha value is -1.07. The van der Waals surface area contributed by atoms with Gasteiger partial charge in [0.15, 0.2) is 0 Å². The molecule has 0 radical (unpaired) electrons. The van der Waals surface area contributed by atoms with E-state index in [4.69, 9.17) is 9.72 Å². The van der Waals surface area contributed by atoms with Gasteiger partial charge in [-0.25, -0.2) is 9.97 Å². The van der Waals surface area contributed by atoms with Crippen LogP contribution < -0.4 is 4.74 Å². The molecule has 0 spiro atoms. The molecule has 3 rings (SSSR count). The Bertz CT molecular complexity index is 709. The van der Waals surface area contributed by atoms with E-state index in [1.807, 2.05) is 45.0 Å². The summed E-state index contributed by atoms with van der Waals surface area (Å²) in [6.07, 6.45) is 3.18. The van der Waals surface area contributed by atoms with E-state index < -0.39 is 0 Å². The smallest absolute Gasteiger partial charge is 0.242 e. The van der Waals surface area contributed by atoms with Crippen molar-refractivity contribution in [3.05, 3.63) is 36.0 Å². The van der Waals surface area contributed by atoms with E-state index in [1.165, 1.54) is 0 Å². The van der Waals surface area contributed by atoms with Crippen LogP contribution in [0.5, 0.6) is 5.88 Å². The molecule has 2 heterocycles. The van der Waals surface area contributed by atoms with Crippen molar-refractivity contribution in [2.24, 2.45) is 0 Å². The number of hydrogen-bond acceptors (Lipinski definition) is 4. The van der Waals surface area contributed by atoms with Crippen LogP contribution in [0.1, 0.15) is 32.9 Å². The Morgan fingerprint density at radius 1 is 1.19 bits per heavy atom. The first-order chi connectivity index (χ1) is 9.92. The van der Waals surface area contributed by atoms with Gasteiger partial charge in [0.05, 0.1) is 15.2 Å². The topological polar surface area (TPSA) is 35.0 Å². The lowest BCUT2D eigenvalue weighted by Gasteiger charge is -2.22. The van der Waals surface area contributed by atoms with Gasteiger partial charge in [0.25, 0.3) is 0 Å². The molecule has 0 N–H and O–H groups in total. The number of benzene rings is 1. The lowest BCUT2D eigenvalue weighted by Crippen LogP contribution is -2.24. The maximum absolute atomic E-state index is 6.05. The van der Waals surface area contributed by atoms with Crippen LogP contribution in [0.3, 0.4) is 0 Å². The van der Waals surface area contributed by atoms with Gasteiger partial charge in [-0.2, -0.15) is 0 Å². The van der Waals surface area contributed by atoms with E-state index in [9.17, 15) is 0 Å². The first kappa shape index (κ1) is 14.9. The van der Waals surface area contributed by atoms with Crippen LogP contribution in [-0.4, -0.2) is 19.7 Å². The van der Waals surface area contributed by atoms with Crippen molar-refractivity contribution < 1.29 is 4.74 Å². The second-order valence-electron chi connectivity index (χ2n) is 5.91. The van der Waals surface area contributed by atoms with Crippen LogP contribution >= 0.6 is 27.7 Å². The highest BCUT2D eigenvalue weighted by Crippen LogP contribution is 2.44. The zero-order chi connectivity index (χ0) is 15.0. The SMILES string of the molecule is CC(C)(C)Oc1nc2ccccc2nc1C1=CCC(Br)S1. The van der Waals surface area contributed by atoms with Crippen molar-refractivity contribution in [1.82, 2.24) is 9.97 Å². The fourth-order valence-corrected chi connectivity index (χ4v) is 3.79. The molecule has 21 heavy (non-hydrogen) atoms. The van der Waals surface area contributed by atoms with Crippen molar-refractivity contribution in [3.8, 4) is 5.88 Å². The first-order valence-corrected chi connectivity index (χ1v) is 8.69. The largest absolute Gasteiger partial charge is 0.470 e. The minimum absolute atomic E-state index is 0.302. The van der Waals surface area contributed by atoms with Crippen molar-refractivity contribution in [1.29, 1.82) is 0 Å². The Kier molecular flexibility index (Phi) is 3.97. The number of aromatic nitrogens is 2. The highest BCUT2D eigenvalue weighted by molar-refractivity contribution is 9.11. The summed E-state index contributed by atoms with van der Waals surface area (Å²) in [6.45, 7) is 6.07. The third-order valence-corrected chi connectivity index (χ3v) is 4.91. The number of rotatable bonds is 2. The average molecular weight is 365 g/mol. The van der Waals surface area contributed by atoms with Gasteiger partial charge in [0.1, 0.15) is 11.3 Å². The lowest BCUT2D eigenvalue weighted by atomic mass is 10.2. The van der Waals surface area contributed by atoms with Crippen LogP contribution in [0.4, 0.5) is 0 Å². The first-order valence-electron chi connectivity index (χ1n) is 6.89. The summed E-state index contributed by atoms with van der Waals surface area (Å²) in [7, 11) is 0. The molecule has 0 aliphatic carbocycles. The van der Waals surface area contributed by atoms with Crippen LogP contribution in [0, 0.1) is 0 Å². The summed E-state index contributed by atoms with van der Waals surface area (Å²) in [5.74, 6) is 0.613. The third kappa shape index (κ3) is 3.40. The number of allylic oxidation sites excluding steroid dienone is 1. The predicted molar refractivity (Wildman–Crippen MR) is 92.8 cm³/mol. The second kappa shape index (κ2) is 5.61. The number of hydrogen-bond donors (Lipinski definition) is 0. The van der Waals surface area contributed by atoms with E-state index in [-0.39, 0.29) is 5.60 Å². The van der Waals surface area contributed by atoms with Crippen molar-refractivity contribution in [2.45, 2.75) is 37.0 Å². The van der Waals surface area contributed by atoms with Gasteiger partial charge in [-0.1, -0.05) is 34.1 Å². The lowest BCUT2D eigenvalue weighted by molar-refractivity contribution is 0.123. The molecule has 5 heteroatoms. The summed E-state index contributed by atoms with van der Waals surface area (Å²) in [6, 6.07) is 7.90. The summed E-state index contributed by atoms with van der Waals surface area (Å²) in [5, 5.41) is 0. The maximum Gasteiger partial charge on any atom is 0.242 e. The molecule has 1 atom stereocenters. The minimum atomic E-state index is -0.302. The zero-order valence-electron chi connectivity index (χ0n) is 12.3. The van der Waals surface area contributed by atoms with E-state index in [1.54, 1.807) is 11.8 Å². The number of halogens is 1. The van der Waals surface area contributed by atoms with Gasteiger partial charge in [-0.3, -0.25) is 0 Å². The molecule has 1 unspecified atom stereocenters.